The number of hydrogen-bond acceptors (Lipinski definition) is 6. The van der Waals surface area contributed by atoms with Crippen LogP contribution in [0.4, 0.5) is 0 Å². The molecule has 0 aromatic heterocycles. The first-order chi connectivity index (χ1) is 14.8. The van der Waals surface area contributed by atoms with E-state index >= 15 is 0 Å². The van der Waals surface area contributed by atoms with Crippen LogP contribution in [0.5, 0.6) is 0 Å². The van der Waals surface area contributed by atoms with Gasteiger partial charge in [-0.25, -0.2) is 13.1 Å². The molecule has 32 heavy (non-hydrogen) atoms. The third-order valence-electron chi connectivity index (χ3n) is 6.21. The number of carbonyl (C=O) groups excluding carboxylic acids is 2. The van der Waals surface area contributed by atoms with Gasteiger partial charge in [-0.05, 0) is 83.2 Å². The van der Waals surface area contributed by atoms with Crippen LogP contribution in [0, 0.1) is 34.6 Å². The summed E-state index contributed by atoms with van der Waals surface area (Å²) in [6.07, 6.45) is -1.28. The lowest BCUT2D eigenvalue weighted by molar-refractivity contribution is -0.164. The van der Waals surface area contributed by atoms with E-state index in [2.05, 4.69) is 4.72 Å². The molecule has 0 saturated carbocycles. The van der Waals surface area contributed by atoms with E-state index in [1.165, 1.54) is 6.92 Å². The van der Waals surface area contributed by atoms with Crippen LogP contribution >= 0.6 is 0 Å². The topological polar surface area (TPSA) is 102 Å². The zero-order chi connectivity index (χ0) is 24.4. The molecular weight excluding hydrogens is 432 g/mol. The first-order valence-electron chi connectivity index (χ1n) is 11.0. The standard InChI is InChI=1S/C23H36N2O6S/c1-13-11-25(12-14(2)30-13)23(27)20(8)31-21(26)9-10-24-32(28,29)22-18(6)16(4)15(3)17(5)19(22)7/h13-14,20,24H,9-12H2,1-8H3. The van der Waals surface area contributed by atoms with Gasteiger partial charge in [0.1, 0.15) is 0 Å². The molecule has 0 aliphatic carbocycles. The average molecular weight is 469 g/mol. The minimum absolute atomic E-state index is 0.0824. The molecule has 180 valence electrons. The Kier molecular flexibility index (Phi) is 8.47. The van der Waals surface area contributed by atoms with Gasteiger partial charge in [-0.3, -0.25) is 9.59 Å². The van der Waals surface area contributed by atoms with E-state index < -0.39 is 22.1 Å². The maximum atomic E-state index is 12.9. The highest BCUT2D eigenvalue weighted by molar-refractivity contribution is 7.89. The summed E-state index contributed by atoms with van der Waals surface area (Å²) < 4.78 is 39.2. The number of hydrogen-bond donors (Lipinski definition) is 1. The molecule has 1 aromatic carbocycles. The van der Waals surface area contributed by atoms with E-state index in [4.69, 9.17) is 9.47 Å². The van der Waals surface area contributed by atoms with Crippen LogP contribution in [-0.4, -0.2) is 63.1 Å². The first-order valence-corrected chi connectivity index (χ1v) is 12.4. The van der Waals surface area contributed by atoms with Crippen molar-refractivity contribution in [2.75, 3.05) is 19.6 Å². The number of sulfonamides is 1. The number of ether oxygens (including phenoxy) is 2. The molecule has 1 amide bonds. The number of nitrogens with zero attached hydrogens (tertiary/aromatic N) is 1. The minimum Gasteiger partial charge on any atom is -0.452 e. The van der Waals surface area contributed by atoms with Crippen molar-refractivity contribution in [1.29, 1.82) is 0 Å². The quantitative estimate of drug-likeness (QED) is 0.617. The van der Waals surface area contributed by atoms with Gasteiger partial charge in [0.15, 0.2) is 6.10 Å². The molecule has 1 aliphatic heterocycles. The highest BCUT2D eigenvalue weighted by atomic mass is 32.2. The summed E-state index contributed by atoms with van der Waals surface area (Å²) in [5.41, 5.74) is 4.35. The van der Waals surface area contributed by atoms with Crippen molar-refractivity contribution in [3.63, 3.8) is 0 Å². The molecule has 1 saturated heterocycles. The number of rotatable bonds is 7. The SMILES string of the molecule is Cc1c(C)c(C)c(S(=O)(=O)NCCC(=O)OC(C)C(=O)N2CC(C)OC(C)C2)c(C)c1C. The molecule has 1 fully saturated rings. The third-order valence-corrected chi connectivity index (χ3v) is 7.94. The van der Waals surface area contributed by atoms with Crippen molar-refractivity contribution >= 4 is 21.9 Å². The molecule has 0 bridgehead atoms. The first kappa shape index (κ1) is 26.3. The Morgan fingerprint density at radius 1 is 1.00 bits per heavy atom. The second kappa shape index (κ2) is 10.3. The lowest BCUT2D eigenvalue weighted by Crippen LogP contribution is -2.51. The van der Waals surface area contributed by atoms with Crippen LogP contribution < -0.4 is 4.72 Å². The van der Waals surface area contributed by atoms with Gasteiger partial charge in [0.25, 0.3) is 5.91 Å². The summed E-state index contributed by atoms with van der Waals surface area (Å²) in [6.45, 7) is 15.4. The van der Waals surface area contributed by atoms with Crippen LogP contribution in [0.15, 0.2) is 4.90 Å². The van der Waals surface area contributed by atoms with E-state index in [1.807, 2.05) is 34.6 Å². The lowest BCUT2D eigenvalue weighted by atomic mass is 9.95. The van der Waals surface area contributed by atoms with Crippen molar-refractivity contribution in [3.8, 4) is 0 Å². The molecule has 9 heteroatoms. The Labute approximate surface area is 191 Å². The van der Waals surface area contributed by atoms with E-state index in [-0.39, 0.29) is 36.0 Å². The Balaban J connectivity index is 1.96. The lowest BCUT2D eigenvalue weighted by Gasteiger charge is -2.36. The zero-order valence-corrected chi connectivity index (χ0v) is 21.2. The highest BCUT2D eigenvalue weighted by Crippen LogP contribution is 2.29. The summed E-state index contributed by atoms with van der Waals surface area (Å²) >= 11 is 0. The maximum absolute atomic E-state index is 12.9. The van der Waals surface area contributed by atoms with Crippen molar-refractivity contribution in [3.05, 3.63) is 27.8 Å². The average Bonchev–Trinajstić information content (AvgIpc) is 2.69. The van der Waals surface area contributed by atoms with E-state index in [1.54, 1.807) is 18.7 Å². The fraction of sp³-hybridized carbons (Fsp3) is 0.652. The van der Waals surface area contributed by atoms with Gasteiger partial charge in [-0.15, -0.1) is 0 Å². The number of nitrogens with one attached hydrogen (secondary N) is 1. The highest BCUT2D eigenvalue weighted by Gasteiger charge is 2.30. The number of benzene rings is 1. The monoisotopic (exact) mass is 468 g/mol. The van der Waals surface area contributed by atoms with E-state index in [9.17, 15) is 18.0 Å². The third kappa shape index (κ3) is 5.88. The minimum atomic E-state index is -3.80. The molecule has 1 aliphatic rings. The number of morpholine rings is 1. The van der Waals surface area contributed by atoms with Gasteiger partial charge in [-0.1, -0.05) is 0 Å². The summed E-state index contributed by atoms with van der Waals surface area (Å²) in [4.78, 5) is 26.7. The molecule has 1 heterocycles. The summed E-state index contributed by atoms with van der Waals surface area (Å²) in [7, 11) is -3.80. The van der Waals surface area contributed by atoms with Crippen LogP contribution in [0.2, 0.25) is 0 Å². The van der Waals surface area contributed by atoms with Crippen molar-refractivity contribution in [1.82, 2.24) is 9.62 Å². The second-order valence-corrected chi connectivity index (χ2v) is 10.4. The Morgan fingerprint density at radius 2 is 1.47 bits per heavy atom. The van der Waals surface area contributed by atoms with Crippen LogP contribution in [0.25, 0.3) is 0 Å². The second-order valence-electron chi connectivity index (χ2n) is 8.73. The van der Waals surface area contributed by atoms with Crippen LogP contribution in [-0.2, 0) is 29.1 Å². The van der Waals surface area contributed by atoms with Crippen molar-refractivity contribution in [2.24, 2.45) is 0 Å². The Morgan fingerprint density at radius 3 is 1.97 bits per heavy atom. The fourth-order valence-corrected chi connectivity index (χ4v) is 5.78. The van der Waals surface area contributed by atoms with Gasteiger partial charge < -0.3 is 14.4 Å². The van der Waals surface area contributed by atoms with Crippen molar-refractivity contribution in [2.45, 2.75) is 85.0 Å². The molecule has 0 spiro atoms. The largest absolute Gasteiger partial charge is 0.452 e. The molecule has 1 aromatic rings. The Bertz CT molecular complexity index is 950. The van der Waals surface area contributed by atoms with E-state index in [0.717, 1.165) is 16.7 Å². The van der Waals surface area contributed by atoms with Crippen molar-refractivity contribution < 1.29 is 27.5 Å². The van der Waals surface area contributed by atoms with Gasteiger partial charge in [-0.2, -0.15) is 0 Å². The summed E-state index contributed by atoms with van der Waals surface area (Å²) in [5.74, 6) is -0.912. The molecule has 2 rings (SSSR count). The predicted molar refractivity (Wildman–Crippen MR) is 122 cm³/mol. The van der Waals surface area contributed by atoms with Crippen LogP contribution in [0.3, 0.4) is 0 Å². The predicted octanol–water partition coefficient (Wildman–Crippen LogP) is 2.46. The smallest absolute Gasteiger partial charge is 0.307 e. The summed E-state index contributed by atoms with van der Waals surface area (Å²) in [5, 5.41) is 0. The maximum Gasteiger partial charge on any atom is 0.307 e. The number of amides is 1. The molecule has 3 atom stereocenters. The molecule has 3 unspecified atom stereocenters. The number of esters is 1. The van der Waals surface area contributed by atoms with E-state index in [0.29, 0.717) is 24.2 Å². The van der Waals surface area contributed by atoms with Gasteiger partial charge in [0.2, 0.25) is 10.0 Å². The van der Waals surface area contributed by atoms with Gasteiger partial charge in [0.05, 0.1) is 23.5 Å². The van der Waals surface area contributed by atoms with Gasteiger partial charge in [0, 0.05) is 19.6 Å². The molecule has 1 N–H and O–H groups in total. The normalized spacial score (nSPS) is 20.2. The zero-order valence-electron chi connectivity index (χ0n) is 20.4. The Hall–Kier alpha value is -1.97. The molecular formula is C23H36N2O6S. The van der Waals surface area contributed by atoms with Gasteiger partial charge >= 0.3 is 5.97 Å². The molecule has 8 nitrogen and oxygen atoms in total. The number of carbonyl (C=O) groups is 2. The molecule has 0 radical (unpaired) electrons. The fourth-order valence-electron chi connectivity index (χ4n) is 4.15. The van der Waals surface area contributed by atoms with Crippen LogP contribution in [0.1, 0.15) is 55.0 Å². The summed E-state index contributed by atoms with van der Waals surface area (Å²) in [6, 6.07) is 0.